The number of rotatable bonds is 3. The molecule has 5 nitrogen and oxygen atoms in total. The van der Waals surface area contributed by atoms with Crippen molar-refractivity contribution in [1.29, 1.82) is 0 Å². The fourth-order valence-electron chi connectivity index (χ4n) is 2.06. The summed E-state index contributed by atoms with van der Waals surface area (Å²) >= 11 is 0.850. The molecule has 1 amide bonds. The van der Waals surface area contributed by atoms with Crippen molar-refractivity contribution in [3.05, 3.63) is 53.5 Å². The Labute approximate surface area is 139 Å². The molecule has 0 aliphatic carbocycles. The zero-order chi connectivity index (χ0) is 18.2. The van der Waals surface area contributed by atoms with Gasteiger partial charge >= 0.3 is 6.18 Å². The van der Waals surface area contributed by atoms with E-state index in [2.05, 4.69) is 14.7 Å². The molecule has 124 valence electrons. The molecule has 0 unspecified atom stereocenters. The van der Waals surface area contributed by atoms with E-state index in [1.807, 2.05) is 0 Å². The van der Waals surface area contributed by atoms with Gasteiger partial charge in [-0.15, -0.1) is 0 Å². The highest BCUT2D eigenvalue weighted by molar-refractivity contribution is 7.09. The molecule has 0 radical (unpaired) electrons. The first kappa shape index (κ1) is 14.9. The van der Waals surface area contributed by atoms with Gasteiger partial charge < -0.3 is 4.42 Å². The van der Waals surface area contributed by atoms with Crippen LogP contribution in [0.15, 0.2) is 41.1 Å². The molecule has 0 fully saturated rings. The van der Waals surface area contributed by atoms with Gasteiger partial charge in [0, 0.05) is 17.1 Å². The molecular formula is C15H10F3N3O2S. The van der Waals surface area contributed by atoms with Crippen molar-refractivity contribution in [2.45, 2.75) is 13.1 Å². The van der Waals surface area contributed by atoms with E-state index >= 15 is 0 Å². The number of anilines is 1. The van der Waals surface area contributed by atoms with Crippen molar-refractivity contribution in [2.24, 2.45) is 0 Å². The van der Waals surface area contributed by atoms with E-state index in [1.165, 1.54) is 25.1 Å². The summed E-state index contributed by atoms with van der Waals surface area (Å²) in [6.45, 7) is 1.53. The van der Waals surface area contributed by atoms with Gasteiger partial charge in [-0.25, -0.2) is 4.98 Å². The number of furan rings is 1. The summed E-state index contributed by atoms with van der Waals surface area (Å²) in [6, 6.07) is 6.01. The largest absolute Gasteiger partial charge is 0.461 e. The van der Waals surface area contributed by atoms with Gasteiger partial charge in [0.2, 0.25) is 5.13 Å². The highest BCUT2D eigenvalue weighted by Crippen LogP contribution is 2.33. The van der Waals surface area contributed by atoms with Gasteiger partial charge in [-0.1, -0.05) is 12.1 Å². The molecule has 0 saturated carbocycles. The Balaban J connectivity index is 1.89. The van der Waals surface area contributed by atoms with Crippen LogP contribution < -0.4 is 5.32 Å². The zero-order valence-electron chi connectivity index (χ0n) is 13.1. The normalized spacial score (nSPS) is 12.1. The number of halogens is 3. The van der Waals surface area contributed by atoms with Gasteiger partial charge in [-0.2, -0.15) is 17.5 Å². The second kappa shape index (κ2) is 6.08. The van der Waals surface area contributed by atoms with Crippen molar-refractivity contribution < 1.29 is 23.8 Å². The van der Waals surface area contributed by atoms with Crippen LogP contribution in [-0.4, -0.2) is 15.3 Å². The van der Waals surface area contributed by atoms with E-state index < -0.39 is 17.6 Å². The summed E-state index contributed by atoms with van der Waals surface area (Å²) in [6.07, 6.45) is -4.68. The fourth-order valence-corrected chi connectivity index (χ4v) is 2.45. The van der Waals surface area contributed by atoms with E-state index in [-0.39, 0.29) is 34.1 Å². The van der Waals surface area contributed by atoms with Crippen LogP contribution in [0.5, 0.6) is 0 Å². The number of benzene rings is 1. The lowest BCUT2D eigenvalue weighted by molar-refractivity contribution is -0.137. The van der Waals surface area contributed by atoms with Gasteiger partial charge in [-0.05, 0) is 25.1 Å². The fraction of sp³-hybridized carbons (Fsp3) is 0.133. The molecule has 2 aromatic heterocycles. The Morgan fingerprint density at radius 3 is 2.83 bits per heavy atom. The third-order valence-electron chi connectivity index (χ3n) is 3.18. The predicted molar refractivity (Wildman–Crippen MR) is 81.7 cm³/mol. The van der Waals surface area contributed by atoms with E-state index in [1.54, 1.807) is 0 Å². The standard InChI is InChI=1S/C15H10F3N3O2S/c1-8-11(13(22)21-14-19-7-20-24-14)6-12(23-8)9-3-2-4-10(5-9)15(16,17)18/h2-7H,1H3,(H,19,20,21,22)/i7D. The van der Waals surface area contributed by atoms with Crippen molar-refractivity contribution in [3.8, 4) is 11.3 Å². The zero-order valence-corrected chi connectivity index (χ0v) is 13.0. The SMILES string of the molecule is [2H]c1nsc(NC(=O)c2cc(-c3cccc(C(F)(F)F)c3)oc2C)n1. The van der Waals surface area contributed by atoms with Gasteiger partial charge in [0.1, 0.15) is 19.2 Å². The first-order valence-corrected chi connectivity index (χ1v) is 7.41. The monoisotopic (exact) mass is 354 g/mol. The average Bonchev–Trinajstić information content (AvgIpc) is 3.12. The molecule has 1 N–H and O–H groups in total. The van der Waals surface area contributed by atoms with Crippen molar-refractivity contribution in [1.82, 2.24) is 9.36 Å². The van der Waals surface area contributed by atoms with Gasteiger partial charge in [-0.3, -0.25) is 10.1 Å². The van der Waals surface area contributed by atoms with Crippen LogP contribution in [0.1, 0.15) is 23.1 Å². The Morgan fingerprint density at radius 1 is 1.38 bits per heavy atom. The summed E-state index contributed by atoms with van der Waals surface area (Å²) in [7, 11) is 0. The minimum absolute atomic E-state index is 0.146. The summed E-state index contributed by atoms with van der Waals surface area (Å²) < 4.78 is 54.7. The third-order valence-corrected chi connectivity index (χ3v) is 3.72. The highest BCUT2D eigenvalue weighted by atomic mass is 32.1. The van der Waals surface area contributed by atoms with Gasteiger partial charge in [0.15, 0.2) is 0 Å². The van der Waals surface area contributed by atoms with E-state index in [4.69, 9.17) is 5.79 Å². The molecule has 9 heteroatoms. The maximum Gasteiger partial charge on any atom is 0.416 e. The molecular weight excluding hydrogens is 343 g/mol. The number of nitrogens with zero attached hydrogens (tertiary/aromatic N) is 2. The van der Waals surface area contributed by atoms with Crippen molar-refractivity contribution in [3.63, 3.8) is 0 Å². The quantitative estimate of drug-likeness (QED) is 0.758. The highest BCUT2D eigenvalue weighted by Gasteiger charge is 2.30. The summed E-state index contributed by atoms with van der Waals surface area (Å²) in [5.74, 6) is -0.150. The predicted octanol–water partition coefficient (Wildman–Crippen LogP) is 4.38. The van der Waals surface area contributed by atoms with Crippen LogP contribution >= 0.6 is 11.5 Å². The Kier molecular flexibility index (Phi) is 3.77. The van der Waals surface area contributed by atoms with Gasteiger partial charge in [0.25, 0.3) is 5.91 Å². The molecule has 0 spiro atoms. The molecule has 0 aliphatic heterocycles. The van der Waals surface area contributed by atoms with Gasteiger partial charge in [0.05, 0.1) is 11.1 Å². The molecule has 0 saturated heterocycles. The molecule has 1 aromatic carbocycles. The minimum Gasteiger partial charge on any atom is -0.461 e. The number of carbonyl (C=O) groups is 1. The summed E-state index contributed by atoms with van der Waals surface area (Å²) in [5.41, 5.74) is -0.433. The van der Waals surface area contributed by atoms with Crippen LogP contribution in [0.2, 0.25) is 0 Å². The van der Waals surface area contributed by atoms with E-state index in [9.17, 15) is 18.0 Å². The molecule has 0 atom stereocenters. The molecule has 3 rings (SSSR count). The number of aryl methyl sites for hydroxylation is 1. The topological polar surface area (TPSA) is 68.0 Å². The first-order valence-electron chi connectivity index (χ1n) is 7.14. The Bertz CT molecular complexity index is 936. The second-order valence-electron chi connectivity index (χ2n) is 4.81. The van der Waals surface area contributed by atoms with Crippen LogP contribution in [0.25, 0.3) is 11.3 Å². The maximum atomic E-state index is 12.8. The van der Waals surface area contributed by atoms with Crippen LogP contribution in [0, 0.1) is 6.92 Å². The number of aromatic nitrogens is 2. The number of amides is 1. The number of hydrogen-bond donors (Lipinski definition) is 1. The average molecular weight is 354 g/mol. The van der Waals surface area contributed by atoms with Crippen molar-refractivity contribution >= 4 is 22.6 Å². The number of alkyl halides is 3. The Hall–Kier alpha value is -2.68. The smallest absolute Gasteiger partial charge is 0.416 e. The molecule has 2 heterocycles. The summed E-state index contributed by atoms with van der Waals surface area (Å²) in [5, 5.41) is 2.62. The summed E-state index contributed by atoms with van der Waals surface area (Å²) in [4.78, 5) is 15.9. The lowest BCUT2D eigenvalue weighted by Crippen LogP contribution is -2.11. The number of carbonyl (C=O) groups excluding carboxylic acids is 1. The molecule has 3 aromatic rings. The lowest BCUT2D eigenvalue weighted by atomic mass is 10.1. The molecule has 24 heavy (non-hydrogen) atoms. The third kappa shape index (κ3) is 3.30. The van der Waals surface area contributed by atoms with Crippen molar-refractivity contribution in [2.75, 3.05) is 5.32 Å². The second-order valence-corrected chi connectivity index (χ2v) is 5.56. The number of hydrogen-bond acceptors (Lipinski definition) is 5. The van der Waals surface area contributed by atoms with Crippen LogP contribution in [-0.2, 0) is 6.18 Å². The molecule has 0 aliphatic rings. The first-order chi connectivity index (χ1) is 11.7. The van der Waals surface area contributed by atoms with Crippen LogP contribution in [0.3, 0.4) is 0 Å². The van der Waals surface area contributed by atoms with Crippen LogP contribution in [0.4, 0.5) is 18.3 Å². The Morgan fingerprint density at radius 2 is 2.17 bits per heavy atom. The van der Waals surface area contributed by atoms with E-state index in [0.29, 0.717) is 0 Å². The number of nitrogens with one attached hydrogen (secondary N) is 1. The van der Waals surface area contributed by atoms with E-state index in [0.717, 1.165) is 23.7 Å². The minimum atomic E-state index is -4.47. The molecule has 0 bridgehead atoms. The maximum absolute atomic E-state index is 12.8. The lowest BCUT2D eigenvalue weighted by Gasteiger charge is -2.07.